The molecule has 4 heteroatoms. The summed E-state index contributed by atoms with van der Waals surface area (Å²) in [4.78, 5) is 0. The van der Waals surface area contributed by atoms with Gasteiger partial charge in [-0.2, -0.15) is 0 Å². The maximum Gasteiger partial charge on any atom is 0.122 e. The van der Waals surface area contributed by atoms with Crippen molar-refractivity contribution in [3.05, 3.63) is 64.2 Å². The Hall–Kier alpha value is -1.49. The van der Waals surface area contributed by atoms with E-state index < -0.39 is 0 Å². The van der Waals surface area contributed by atoms with Crippen molar-refractivity contribution in [2.24, 2.45) is 0 Å². The summed E-state index contributed by atoms with van der Waals surface area (Å²) < 4.78 is 12.0. The molecular weight excluding hydrogens is 368 g/mol. The minimum atomic E-state index is -0.286. The normalized spacial score (nSPS) is 24.5. The SMILES string of the molecule is CCc1ccc(C2CC(O)CC(SC)O2)cc1Cc1ccc2c(c1)CCCO2. The molecule has 0 aromatic heterocycles. The zero-order valence-corrected chi connectivity index (χ0v) is 17.6. The quantitative estimate of drug-likeness (QED) is 0.763. The molecule has 2 heterocycles. The molecule has 0 radical (unpaired) electrons. The van der Waals surface area contributed by atoms with Crippen molar-refractivity contribution in [2.45, 2.75) is 63.1 Å². The topological polar surface area (TPSA) is 38.7 Å². The van der Waals surface area contributed by atoms with E-state index in [9.17, 15) is 5.11 Å². The third-order valence-electron chi connectivity index (χ3n) is 5.88. The molecule has 28 heavy (non-hydrogen) atoms. The molecule has 2 aliphatic rings. The van der Waals surface area contributed by atoms with Crippen LogP contribution in [0, 0.1) is 0 Å². The van der Waals surface area contributed by atoms with E-state index in [2.05, 4.69) is 43.3 Å². The van der Waals surface area contributed by atoms with Crippen molar-refractivity contribution in [3.63, 3.8) is 0 Å². The van der Waals surface area contributed by atoms with E-state index in [1.165, 1.54) is 27.8 Å². The van der Waals surface area contributed by atoms with Gasteiger partial charge in [0.25, 0.3) is 0 Å². The predicted molar refractivity (Wildman–Crippen MR) is 115 cm³/mol. The van der Waals surface area contributed by atoms with Crippen LogP contribution in [0.4, 0.5) is 0 Å². The third-order valence-corrected chi connectivity index (χ3v) is 6.71. The summed E-state index contributed by atoms with van der Waals surface area (Å²) in [7, 11) is 0. The summed E-state index contributed by atoms with van der Waals surface area (Å²) in [6, 6.07) is 13.4. The van der Waals surface area contributed by atoms with E-state index in [0.29, 0.717) is 6.42 Å². The Bertz CT molecular complexity index is 819. The average molecular weight is 399 g/mol. The summed E-state index contributed by atoms with van der Waals surface area (Å²) >= 11 is 1.68. The molecule has 4 rings (SSSR count). The Kier molecular flexibility index (Phi) is 6.29. The Morgan fingerprint density at radius 1 is 1.11 bits per heavy atom. The number of aliphatic hydroxyl groups is 1. The fourth-order valence-electron chi connectivity index (χ4n) is 4.33. The molecule has 0 amide bonds. The van der Waals surface area contributed by atoms with Gasteiger partial charge in [-0.05, 0) is 65.8 Å². The highest BCUT2D eigenvalue weighted by Gasteiger charge is 2.29. The molecule has 0 bridgehead atoms. The molecule has 0 aliphatic carbocycles. The predicted octanol–water partition coefficient (Wildman–Crippen LogP) is 5.07. The minimum absolute atomic E-state index is 0.0252. The van der Waals surface area contributed by atoms with Gasteiger partial charge in [0.05, 0.1) is 18.8 Å². The number of rotatable bonds is 5. The van der Waals surface area contributed by atoms with Crippen molar-refractivity contribution >= 4 is 11.8 Å². The first-order valence-electron chi connectivity index (χ1n) is 10.4. The third kappa shape index (κ3) is 4.40. The number of fused-ring (bicyclic) bond motifs is 1. The zero-order chi connectivity index (χ0) is 19.5. The molecule has 2 aromatic rings. The fraction of sp³-hybridized carbons (Fsp3) is 0.500. The summed E-state index contributed by atoms with van der Waals surface area (Å²) in [5.74, 6) is 1.05. The molecular formula is C24H30O3S. The molecule has 3 nitrogen and oxygen atoms in total. The molecule has 2 aliphatic heterocycles. The van der Waals surface area contributed by atoms with Crippen molar-refractivity contribution in [3.8, 4) is 5.75 Å². The first-order chi connectivity index (χ1) is 13.7. The Balaban J connectivity index is 1.59. The van der Waals surface area contributed by atoms with Gasteiger partial charge in [0, 0.05) is 12.8 Å². The highest BCUT2D eigenvalue weighted by Crippen LogP contribution is 2.36. The van der Waals surface area contributed by atoms with Crippen LogP contribution in [-0.4, -0.2) is 29.5 Å². The monoisotopic (exact) mass is 398 g/mol. The van der Waals surface area contributed by atoms with E-state index in [0.717, 1.165) is 44.5 Å². The van der Waals surface area contributed by atoms with Crippen molar-refractivity contribution in [1.82, 2.24) is 0 Å². The van der Waals surface area contributed by atoms with Gasteiger partial charge in [0.15, 0.2) is 0 Å². The van der Waals surface area contributed by atoms with E-state index in [1.54, 1.807) is 11.8 Å². The van der Waals surface area contributed by atoms with Crippen LogP contribution in [0.2, 0.25) is 0 Å². The lowest BCUT2D eigenvalue weighted by Crippen LogP contribution is -2.29. The second-order valence-corrected chi connectivity index (χ2v) is 8.86. The zero-order valence-electron chi connectivity index (χ0n) is 16.8. The second kappa shape index (κ2) is 8.89. The molecule has 150 valence electrons. The van der Waals surface area contributed by atoms with Gasteiger partial charge in [-0.25, -0.2) is 0 Å². The van der Waals surface area contributed by atoms with E-state index in [-0.39, 0.29) is 17.6 Å². The molecule has 3 atom stereocenters. The molecule has 1 saturated heterocycles. The molecule has 1 fully saturated rings. The largest absolute Gasteiger partial charge is 0.493 e. The van der Waals surface area contributed by atoms with Crippen molar-refractivity contribution in [2.75, 3.05) is 12.9 Å². The maximum atomic E-state index is 10.3. The standard InChI is InChI=1S/C24H30O3S/c1-3-17-7-8-19(23-14-21(25)15-24(27-23)28-2)13-20(17)12-16-6-9-22-18(11-16)5-4-10-26-22/h6-9,11,13,21,23-25H,3-5,10,12,14-15H2,1-2H3. The van der Waals surface area contributed by atoms with Crippen LogP contribution < -0.4 is 4.74 Å². The fourth-order valence-corrected chi connectivity index (χ4v) is 4.99. The van der Waals surface area contributed by atoms with Crippen LogP contribution >= 0.6 is 11.8 Å². The average Bonchev–Trinajstić information content (AvgIpc) is 2.73. The van der Waals surface area contributed by atoms with Gasteiger partial charge in [-0.3, -0.25) is 0 Å². The summed E-state index contributed by atoms with van der Waals surface area (Å²) in [6.45, 7) is 3.04. The minimum Gasteiger partial charge on any atom is -0.493 e. The Morgan fingerprint density at radius 2 is 2.00 bits per heavy atom. The summed E-state index contributed by atoms with van der Waals surface area (Å²) in [6.07, 6.45) is 7.28. The summed E-state index contributed by atoms with van der Waals surface area (Å²) in [5, 5.41) is 10.3. The number of aryl methyl sites for hydroxylation is 2. The molecule has 3 unspecified atom stereocenters. The molecule has 0 saturated carbocycles. The number of benzene rings is 2. The molecule has 1 N–H and O–H groups in total. The number of hydrogen-bond acceptors (Lipinski definition) is 4. The van der Waals surface area contributed by atoms with Crippen molar-refractivity contribution < 1.29 is 14.6 Å². The Morgan fingerprint density at radius 3 is 2.82 bits per heavy atom. The van der Waals surface area contributed by atoms with Gasteiger partial charge >= 0.3 is 0 Å². The first kappa shape index (κ1) is 19.8. The second-order valence-electron chi connectivity index (χ2n) is 7.87. The van der Waals surface area contributed by atoms with Crippen LogP contribution in [0.1, 0.15) is 60.1 Å². The highest BCUT2D eigenvalue weighted by atomic mass is 32.2. The number of aliphatic hydroxyl groups excluding tert-OH is 1. The summed E-state index contributed by atoms with van der Waals surface area (Å²) in [5.41, 5.74) is 6.67. The van der Waals surface area contributed by atoms with Crippen LogP contribution in [0.3, 0.4) is 0 Å². The molecule has 0 spiro atoms. The van der Waals surface area contributed by atoms with Gasteiger partial charge in [0.1, 0.15) is 11.2 Å². The van der Waals surface area contributed by atoms with Gasteiger partial charge < -0.3 is 14.6 Å². The lowest BCUT2D eigenvalue weighted by Gasteiger charge is -2.33. The van der Waals surface area contributed by atoms with Gasteiger partial charge in [0.2, 0.25) is 0 Å². The van der Waals surface area contributed by atoms with Crippen LogP contribution in [0.15, 0.2) is 36.4 Å². The highest BCUT2D eigenvalue weighted by molar-refractivity contribution is 7.99. The number of thioether (sulfide) groups is 1. The van der Waals surface area contributed by atoms with E-state index in [4.69, 9.17) is 9.47 Å². The number of hydrogen-bond donors (Lipinski definition) is 1. The lowest BCUT2D eigenvalue weighted by molar-refractivity contribution is -0.0605. The van der Waals surface area contributed by atoms with Crippen LogP contribution in [0.25, 0.3) is 0 Å². The lowest BCUT2D eigenvalue weighted by atomic mass is 9.91. The van der Waals surface area contributed by atoms with Gasteiger partial charge in [-0.1, -0.05) is 37.3 Å². The Labute approximate surface area is 172 Å². The van der Waals surface area contributed by atoms with Gasteiger partial charge in [-0.15, -0.1) is 11.8 Å². The molecule has 2 aromatic carbocycles. The van der Waals surface area contributed by atoms with Crippen molar-refractivity contribution in [1.29, 1.82) is 0 Å². The first-order valence-corrected chi connectivity index (χ1v) is 11.7. The van der Waals surface area contributed by atoms with Crippen LogP contribution in [-0.2, 0) is 24.0 Å². The van der Waals surface area contributed by atoms with E-state index in [1.807, 2.05) is 6.26 Å². The smallest absolute Gasteiger partial charge is 0.122 e. The van der Waals surface area contributed by atoms with Crippen LogP contribution in [0.5, 0.6) is 5.75 Å². The number of ether oxygens (including phenoxy) is 2. The maximum absolute atomic E-state index is 10.3. The van der Waals surface area contributed by atoms with E-state index >= 15 is 0 Å².